The van der Waals surface area contributed by atoms with E-state index in [0.717, 1.165) is 30.5 Å². The Balaban J connectivity index is 0.00000363. The zero-order chi connectivity index (χ0) is 22.1. The molecule has 0 radical (unpaired) electrons. The second kappa shape index (κ2) is 12.7. The smallest absolute Gasteiger partial charge is 0.322 e. The van der Waals surface area contributed by atoms with Gasteiger partial charge in [-0.05, 0) is 48.7 Å². The molecule has 1 heterocycles. The fraction of sp³-hybridized carbons (Fsp3) is 0.292. The molecule has 32 heavy (non-hydrogen) atoms. The molecule has 0 aliphatic heterocycles. The fourth-order valence-corrected chi connectivity index (χ4v) is 3.66. The Kier molecular flexibility index (Phi) is 10.1. The molecule has 3 rings (SSSR count). The summed E-state index contributed by atoms with van der Waals surface area (Å²) in [6.07, 6.45) is 6.98. The Morgan fingerprint density at radius 3 is 2.66 bits per heavy atom. The van der Waals surface area contributed by atoms with E-state index < -0.39 is 0 Å². The molecule has 168 valence electrons. The van der Waals surface area contributed by atoms with Gasteiger partial charge in [0.2, 0.25) is 0 Å². The van der Waals surface area contributed by atoms with Gasteiger partial charge in [0.15, 0.2) is 0 Å². The highest BCUT2D eigenvalue weighted by atomic mass is 35.5. The Labute approximate surface area is 200 Å². The number of hydrogen-bond donors (Lipinski definition) is 2. The lowest BCUT2D eigenvalue weighted by atomic mass is 10.0. The number of anilines is 1. The number of H-pyrrole nitrogens is 1. The topological polar surface area (TPSA) is 84.8 Å². The minimum Gasteiger partial charge on any atom is -0.347 e. The van der Waals surface area contributed by atoms with Crippen LogP contribution in [0.4, 0.5) is 10.5 Å². The van der Waals surface area contributed by atoms with Crippen molar-refractivity contribution in [2.75, 3.05) is 11.9 Å². The number of nitriles is 1. The Morgan fingerprint density at radius 1 is 1.25 bits per heavy atom. The highest BCUT2D eigenvalue weighted by Gasteiger charge is 2.26. The van der Waals surface area contributed by atoms with Gasteiger partial charge in [0.25, 0.3) is 0 Å². The Bertz CT molecular complexity index is 1020. The van der Waals surface area contributed by atoms with Gasteiger partial charge >= 0.3 is 6.03 Å². The van der Waals surface area contributed by atoms with Gasteiger partial charge < -0.3 is 15.2 Å². The first-order valence-electron chi connectivity index (χ1n) is 10.4. The lowest BCUT2D eigenvalue weighted by molar-refractivity contribution is 0.184. The summed E-state index contributed by atoms with van der Waals surface area (Å²) in [5.41, 5.74) is 3.16. The van der Waals surface area contributed by atoms with Crippen LogP contribution in [0.1, 0.15) is 49.0 Å². The molecule has 1 aromatic heterocycles. The zero-order valence-corrected chi connectivity index (χ0v) is 19.5. The maximum Gasteiger partial charge on any atom is 0.322 e. The first kappa shape index (κ1) is 25.3. The zero-order valence-electron chi connectivity index (χ0n) is 17.9. The minimum atomic E-state index is -0.230. The van der Waals surface area contributed by atoms with Gasteiger partial charge in [0, 0.05) is 17.3 Å². The van der Waals surface area contributed by atoms with E-state index in [2.05, 4.69) is 28.3 Å². The molecule has 8 heteroatoms. The molecule has 3 aromatic rings. The number of unbranched alkanes of at least 4 members (excludes halogenated alkanes) is 2. The number of amides is 2. The van der Waals surface area contributed by atoms with Gasteiger partial charge in [-0.1, -0.05) is 49.6 Å². The maximum absolute atomic E-state index is 13.3. The summed E-state index contributed by atoms with van der Waals surface area (Å²) in [6.45, 7) is 2.75. The van der Waals surface area contributed by atoms with E-state index in [1.165, 1.54) is 0 Å². The summed E-state index contributed by atoms with van der Waals surface area (Å²) in [5.74, 6) is 0. The van der Waals surface area contributed by atoms with Crippen molar-refractivity contribution in [2.45, 2.75) is 38.6 Å². The monoisotopic (exact) mass is 471 g/mol. The number of nitrogens with one attached hydrogen (secondary N) is 2. The van der Waals surface area contributed by atoms with Crippen molar-refractivity contribution in [1.29, 1.82) is 5.26 Å². The third-order valence-electron chi connectivity index (χ3n) is 5.11. The molecule has 2 amide bonds. The lowest BCUT2D eigenvalue weighted by Crippen LogP contribution is -2.40. The summed E-state index contributed by atoms with van der Waals surface area (Å²) in [7, 11) is 0. The Morgan fingerprint density at radius 2 is 2.03 bits per heavy atom. The molecular formula is C24H27Cl2N5O. The molecule has 6 nitrogen and oxygen atoms in total. The van der Waals surface area contributed by atoms with Crippen molar-refractivity contribution in [1.82, 2.24) is 14.9 Å². The van der Waals surface area contributed by atoms with Gasteiger partial charge in [-0.2, -0.15) is 5.26 Å². The highest BCUT2D eigenvalue weighted by Crippen LogP contribution is 2.26. The van der Waals surface area contributed by atoms with Gasteiger partial charge in [0.1, 0.15) is 0 Å². The van der Waals surface area contributed by atoms with E-state index in [0.29, 0.717) is 29.2 Å². The number of imidazole rings is 1. The van der Waals surface area contributed by atoms with E-state index in [4.69, 9.17) is 16.9 Å². The number of urea groups is 1. The van der Waals surface area contributed by atoms with Crippen LogP contribution in [0.25, 0.3) is 0 Å². The largest absolute Gasteiger partial charge is 0.347 e. The van der Waals surface area contributed by atoms with Crippen molar-refractivity contribution in [3.8, 4) is 6.07 Å². The molecule has 0 spiro atoms. The molecular weight excluding hydrogens is 445 g/mol. The van der Waals surface area contributed by atoms with Crippen LogP contribution in [0.2, 0.25) is 5.02 Å². The predicted octanol–water partition coefficient (Wildman–Crippen LogP) is 6.36. The van der Waals surface area contributed by atoms with Crippen LogP contribution in [-0.4, -0.2) is 27.4 Å². The summed E-state index contributed by atoms with van der Waals surface area (Å²) < 4.78 is 0. The summed E-state index contributed by atoms with van der Waals surface area (Å²) in [6, 6.07) is 16.3. The number of nitrogens with zero attached hydrogens (tertiary/aromatic N) is 3. The van der Waals surface area contributed by atoms with Gasteiger partial charge in [0.05, 0.1) is 35.9 Å². The van der Waals surface area contributed by atoms with Crippen molar-refractivity contribution >= 4 is 35.7 Å². The number of aromatic amines is 1. The maximum atomic E-state index is 13.3. The van der Waals surface area contributed by atoms with E-state index in [-0.39, 0.29) is 24.5 Å². The molecule has 0 fully saturated rings. The highest BCUT2D eigenvalue weighted by molar-refractivity contribution is 6.30. The second-order valence-corrected chi connectivity index (χ2v) is 7.81. The third-order valence-corrected chi connectivity index (χ3v) is 5.34. The standard InChI is InChI=1S/C24H26ClN5O.ClH/c1-2-3-4-12-30(24(31)29-21-7-5-6-20(25)14-21)23(22-16-27-17-28-22)13-18-8-10-19(15-26)11-9-18;/h5-11,14,16-17,23H,2-4,12-13H2,1H3,(H,27,28)(H,29,31);1H. The molecule has 1 unspecified atom stereocenters. The van der Waals surface area contributed by atoms with E-state index >= 15 is 0 Å². The normalized spacial score (nSPS) is 11.2. The quantitative estimate of drug-likeness (QED) is 0.355. The van der Waals surface area contributed by atoms with E-state index in [1.807, 2.05) is 29.2 Å². The van der Waals surface area contributed by atoms with Crippen LogP contribution in [0.15, 0.2) is 61.1 Å². The third kappa shape index (κ3) is 7.01. The van der Waals surface area contributed by atoms with Crippen molar-refractivity contribution in [2.24, 2.45) is 0 Å². The number of aromatic nitrogens is 2. The summed E-state index contributed by atoms with van der Waals surface area (Å²) in [4.78, 5) is 22.5. The van der Waals surface area contributed by atoms with Crippen LogP contribution in [0.3, 0.4) is 0 Å². The van der Waals surface area contributed by atoms with Crippen LogP contribution in [0, 0.1) is 11.3 Å². The number of rotatable bonds is 9. The Hall–Kier alpha value is -3.01. The average molecular weight is 472 g/mol. The van der Waals surface area contributed by atoms with Crippen molar-refractivity contribution < 1.29 is 4.79 Å². The first-order chi connectivity index (χ1) is 15.1. The summed E-state index contributed by atoms with van der Waals surface area (Å²) in [5, 5.41) is 12.6. The second-order valence-electron chi connectivity index (χ2n) is 7.38. The average Bonchev–Trinajstić information content (AvgIpc) is 3.31. The molecule has 2 N–H and O–H groups in total. The number of benzene rings is 2. The van der Waals surface area contributed by atoms with E-state index in [1.54, 1.807) is 36.8 Å². The molecule has 0 aliphatic rings. The SMILES string of the molecule is CCCCCN(C(=O)Nc1cccc(Cl)c1)C(Cc1ccc(C#N)cc1)c1cnc[nH]1.Cl. The van der Waals surface area contributed by atoms with Crippen molar-refractivity contribution in [3.63, 3.8) is 0 Å². The van der Waals surface area contributed by atoms with Crippen molar-refractivity contribution in [3.05, 3.63) is 82.9 Å². The number of carbonyl (C=O) groups excluding carboxylic acids is 1. The van der Waals surface area contributed by atoms with Gasteiger partial charge in [-0.25, -0.2) is 9.78 Å². The lowest BCUT2D eigenvalue weighted by Gasteiger charge is -2.31. The number of halogens is 2. The summed E-state index contributed by atoms with van der Waals surface area (Å²) >= 11 is 6.09. The minimum absolute atomic E-state index is 0. The van der Waals surface area contributed by atoms with Crippen LogP contribution in [-0.2, 0) is 6.42 Å². The number of hydrogen-bond acceptors (Lipinski definition) is 3. The van der Waals surface area contributed by atoms with Gasteiger partial charge in [-0.3, -0.25) is 0 Å². The molecule has 1 atom stereocenters. The van der Waals surface area contributed by atoms with Gasteiger partial charge in [-0.15, -0.1) is 12.4 Å². The molecule has 2 aromatic carbocycles. The number of carbonyl (C=O) groups is 1. The molecule has 0 saturated carbocycles. The molecule has 0 bridgehead atoms. The first-order valence-corrected chi connectivity index (χ1v) is 10.8. The van der Waals surface area contributed by atoms with Crippen LogP contribution >= 0.6 is 24.0 Å². The van der Waals surface area contributed by atoms with Crippen LogP contribution < -0.4 is 5.32 Å². The molecule has 0 saturated heterocycles. The molecule has 0 aliphatic carbocycles. The van der Waals surface area contributed by atoms with E-state index in [9.17, 15) is 4.79 Å². The van der Waals surface area contributed by atoms with Crippen LogP contribution in [0.5, 0.6) is 0 Å². The predicted molar refractivity (Wildman–Crippen MR) is 130 cm³/mol. The fourth-order valence-electron chi connectivity index (χ4n) is 3.47.